The molecule has 0 saturated carbocycles. The zero-order valence-electron chi connectivity index (χ0n) is 14.5. The van der Waals surface area contributed by atoms with Gasteiger partial charge >= 0.3 is 0 Å². The average molecular weight is 400 g/mol. The Morgan fingerprint density at radius 1 is 1.14 bits per heavy atom. The third kappa shape index (κ3) is 3.96. The highest BCUT2D eigenvalue weighted by Gasteiger charge is 2.14. The Morgan fingerprint density at radius 3 is 2.82 bits per heavy atom. The van der Waals surface area contributed by atoms with Crippen molar-refractivity contribution in [3.05, 3.63) is 89.1 Å². The molecule has 4 rings (SSSR count). The van der Waals surface area contributed by atoms with Crippen LogP contribution in [-0.4, -0.2) is 25.5 Å². The van der Waals surface area contributed by atoms with Gasteiger partial charge in [-0.1, -0.05) is 17.7 Å². The minimum Gasteiger partial charge on any atom is -0.454 e. The van der Waals surface area contributed by atoms with E-state index in [0.717, 1.165) is 0 Å². The van der Waals surface area contributed by atoms with Crippen molar-refractivity contribution in [1.82, 2.24) is 19.6 Å². The van der Waals surface area contributed by atoms with Crippen LogP contribution in [0, 0.1) is 5.82 Å². The number of amides is 1. The van der Waals surface area contributed by atoms with Gasteiger partial charge in [0.05, 0.1) is 25.0 Å². The zero-order chi connectivity index (χ0) is 19.5. The summed E-state index contributed by atoms with van der Waals surface area (Å²) in [6.45, 7) is 0.581. The number of carbonyl (C=O) groups is 1. The second-order valence-corrected chi connectivity index (χ2v) is 6.46. The molecule has 9 heteroatoms. The maximum Gasteiger partial charge on any atom is 0.291 e. The number of benzene rings is 1. The van der Waals surface area contributed by atoms with E-state index < -0.39 is 11.7 Å². The predicted molar refractivity (Wildman–Crippen MR) is 101 cm³/mol. The van der Waals surface area contributed by atoms with E-state index in [1.165, 1.54) is 16.9 Å². The van der Waals surface area contributed by atoms with Crippen molar-refractivity contribution in [3.63, 3.8) is 0 Å². The number of hydrogen-bond acceptors (Lipinski definition) is 4. The number of furan rings is 1. The van der Waals surface area contributed by atoms with Gasteiger partial charge in [0.15, 0.2) is 5.76 Å². The lowest BCUT2D eigenvalue weighted by molar-refractivity contribution is 0.0994. The Hall–Kier alpha value is -3.39. The van der Waals surface area contributed by atoms with Gasteiger partial charge in [-0.25, -0.2) is 4.39 Å². The largest absolute Gasteiger partial charge is 0.454 e. The molecule has 7 nitrogen and oxygen atoms in total. The van der Waals surface area contributed by atoms with E-state index >= 15 is 0 Å². The van der Waals surface area contributed by atoms with Crippen LogP contribution in [0.1, 0.15) is 21.9 Å². The molecule has 0 aliphatic heterocycles. The molecule has 1 N–H and O–H groups in total. The molecule has 0 bridgehead atoms. The number of halogens is 2. The maximum atomic E-state index is 13.9. The van der Waals surface area contributed by atoms with E-state index in [1.807, 2.05) is 6.07 Å². The van der Waals surface area contributed by atoms with Gasteiger partial charge in [-0.3, -0.25) is 14.2 Å². The fourth-order valence-corrected chi connectivity index (χ4v) is 2.91. The van der Waals surface area contributed by atoms with E-state index in [9.17, 15) is 9.18 Å². The molecule has 4 aromatic rings. The Bertz CT molecular complexity index is 1080. The van der Waals surface area contributed by atoms with E-state index in [2.05, 4.69) is 15.5 Å². The summed E-state index contributed by atoms with van der Waals surface area (Å²) in [7, 11) is 0. The molecular weight excluding hydrogens is 385 g/mol. The third-order valence-corrected chi connectivity index (χ3v) is 4.39. The first-order valence-corrected chi connectivity index (χ1v) is 8.79. The molecule has 0 aliphatic rings. The van der Waals surface area contributed by atoms with E-state index in [-0.39, 0.29) is 12.3 Å². The SMILES string of the molecule is O=C(Nc1cnn(Cc2c(F)cccc2Cl)c1)c1ccc(Cn2cccn2)o1. The van der Waals surface area contributed by atoms with Gasteiger partial charge < -0.3 is 9.73 Å². The van der Waals surface area contributed by atoms with Gasteiger partial charge in [-0.15, -0.1) is 0 Å². The second-order valence-electron chi connectivity index (χ2n) is 6.05. The summed E-state index contributed by atoms with van der Waals surface area (Å²) < 4.78 is 22.6. The molecule has 1 aromatic carbocycles. The molecule has 3 heterocycles. The van der Waals surface area contributed by atoms with Crippen molar-refractivity contribution in [3.8, 4) is 0 Å². The zero-order valence-corrected chi connectivity index (χ0v) is 15.3. The molecule has 0 atom stereocenters. The van der Waals surface area contributed by atoms with Crippen LogP contribution in [0.3, 0.4) is 0 Å². The summed E-state index contributed by atoms with van der Waals surface area (Å²) >= 11 is 6.03. The smallest absolute Gasteiger partial charge is 0.291 e. The highest BCUT2D eigenvalue weighted by atomic mass is 35.5. The molecule has 0 saturated heterocycles. The quantitative estimate of drug-likeness (QED) is 0.534. The highest BCUT2D eigenvalue weighted by Crippen LogP contribution is 2.20. The Kier molecular flexibility index (Phi) is 4.94. The third-order valence-electron chi connectivity index (χ3n) is 4.04. The number of carbonyl (C=O) groups excluding carboxylic acids is 1. The van der Waals surface area contributed by atoms with Gasteiger partial charge in [0.1, 0.15) is 11.6 Å². The van der Waals surface area contributed by atoms with E-state index in [0.29, 0.717) is 28.6 Å². The standard InChI is InChI=1S/C19H15ClFN5O2/c20-16-3-1-4-17(21)15(16)12-26-10-13(9-23-26)24-19(27)18-6-5-14(28-18)11-25-8-2-7-22-25/h1-10H,11-12H2,(H,24,27). The van der Waals surface area contributed by atoms with Crippen molar-refractivity contribution in [2.24, 2.45) is 0 Å². The lowest BCUT2D eigenvalue weighted by Crippen LogP contribution is -2.10. The van der Waals surface area contributed by atoms with Crippen molar-refractivity contribution in [2.75, 3.05) is 5.32 Å². The lowest BCUT2D eigenvalue weighted by atomic mass is 10.2. The van der Waals surface area contributed by atoms with E-state index in [1.54, 1.807) is 47.5 Å². The molecule has 0 fully saturated rings. The second kappa shape index (κ2) is 7.69. The fraction of sp³-hybridized carbons (Fsp3) is 0.105. The summed E-state index contributed by atoms with van der Waals surface area (Å²) in [5.41, 5.74) is 0.793. The van der Waals surface area contributed by atoms with Crippen LogP contribution in [0.5, 0.6) is 0 Å². The molecule has 142 valence electrons. The van der Waals surface area contributed by atoms with Gasteiger partial charge in [0.2, 0.25) is 0 Å². The Morgan fingerprint density at radius 2 is 2.04 bits per heavy atom. The van der Waals surface area contributed by atoms with Crippen LogP contribution in [0.15, 0.2) is 65.6 Å². The van der Waals surface area contributed by atoms with Crippen LogP contribution in [0.2, 0.25) is 5.02 Å². The highest BCUT2D eigenvalue weighted by molar-refractivity contribution is 6.31. The minimum absolute atomic E-state index is 0.149. The van der Waals surface area contributed by atoms with Crippen molar-refractivity contribution >= 4 is 23.2 Å². The van der Waals surface area contributed by atoms with Crippen LogP contribution in [0.25, 0.3) is 0 Å². The molecule has 0 radical (unpaired) electrons. The average Bonchev–Trinajstić information content (AvgIpc) is 3.41. The molecular formula is C19H15ClFN5O2. The first kappa shape index (κ1) is 18.0. The monoisotopic (exact) mass is 399 g/mol. The Balaban J connectivity index is 1.41. The van der Waals surface area contributed by atoms with Crippen LogP contribution < -0.4 is 5.32 Å². The summed E-state index contributed by atoms with van der Waals surface area (Å²) in [4.78, 5) is 12.4. The fourth-order valence-electron chi connectivity index (χ4n) is 2.69. The summed E-state index contributed by atoms with van der Waals surface area (Å²) in [5.74, 6) is -0.0325. The predicted octanol–water partition coefficient (Wildman–Crippen LogP) is 3.81. The normalized spacial score (nSPS) is 10.9. The van der Waals surface area contributed by atoms with Crippen LogP contribution in [-0.2, 0) is 13.1 Å². The van der Waals surface area contributed by atoms with Gasteiger partial charge in [-0.05, 0) is 30.3 Å². The van der Waals surface area contributed by atoms with Gasteiger partial charge in [0, 0.05) is 29.2 Å². The summed E-state index contributed by atoms with van der Waals surface area (Å²) in [5, 5.41) is 11.2. The summed E-state index contributed by atoms with van der Waals surface area (Å²) in [6, 6.07) is 9.62. The van der Waals surface area contributed by atoms with Gasteiger partial charge in [0.25, 0.3) is 5.91 Å². The number of aromatic nitrogens is 4. The number of nitrogens with one attached hydrogen (secondary N) is 1. The van der Waals surface area contributed by atoms with Gasteiger partial charge in [-0.2, -0.15) is 10.2 Å². The van der Waals surface area contributed by atoms with Crippen molar-refractivity contribution in [1.29, 1.82) is 0 Å². The lowest BCUT2D eigenvalue weighted by Gasteiger charge is -2.05. The van der Waals surface area contributed by atoms with E-state index in [4.69, 9.17) is 16.0 Å². The Labute approximate surface area is 164 Å². The minimum atomic E-state index is -0.408. The van der Waals surface area contributed by atoms with Crippen LogP contribution >= 0.6 is 11.6 Å². The number of rotatable bonds is 6. The molecule has 1 amide bonds. The van der Waals surface area contributed by atoms with Crippen molar-refractivity contribution in [2.45, 2.75) is 13.1 Å². The number of anilines is 1. The molecule has 0 aliphatic carbocycles. The first-order valence-electron chi connectivity index (χ1n) is 8.41. The summed E-state index contributed by atoms with van der Waals surface area (Å²) in [6.07, 6.45) is 6.54. The topological polar surface area (TPSA) is 77.9 Å². The van der Waals surface area contributed by atoms with Crippen LogP contribution in [0.4, 0.5) is 10.1 Å². The molecule has 0 unspecified atom stereocenters. The number of nitrogens with zero attached hydrogens (tertiary/aromatic N) is 4. The molecule has 28 heavy (non-hydrogen) atoms. The molecule has 3 aromatic heterocycles. The molecule has 0 spiro atoms. The van der Waals surface area contributed by atoms with Crippen molar-refractivity contribution < 1.29 is 13.6 Å². The number of hydrogen-bond donors (Lipinski definition) is 1. The maximum absolute atomic E-state index is 13.9. The first-order chi connectivity index (χ1) is 13.6.